The average molecular weight is 313 g/mol. The molecule has 0 aliphatic carbocycles. The molecule has 0 saturated carbocycles. The van der Waals surface area contributed by atoms with Crippen LogP contribution in [0, 0.1) is 0 Å². The van der Waals surface area contributed by atoms with Gasteiger partial charge in [-0.3, -0.25) is 14.7 Å². The molecule has 2 aromatic rings. The van der Waals surface area contributed by atoms with E-state index in [-0.39, 0.29) is 11.9 Å². The molecule has 1 amide bonds. The first-order valence-corrected chi connectivity index (χ1v) is 8.28. The van der Waals surface area contributed by atoms with Gasteiger partial charge in [0.05, 0.1) is 6.26 Å². The molecule has 0 unspecified atom stereocenters. The van der Waals surface area contributed by atoms with E-state index in [0.29, 0.717) is 6.54 Å². The lowest BCUT2D eigenvalue weighted by Crippen LogP contribution is -2.39. The van der Waals surface area contributed by atoms with Crippen LogP contribution in [-0.2, 0) is 11.2 Å². The molecule has 0 aromatic carbocycles. The largest absolute Gasteiger partial charge is 0.469 e. The highest BCUT2D eigenvalue weighted by Gasteiger charge is 2.29. The number of carbonyl (C=O) groups excluding carboxylic acids is 1. The van der Waals surface area contributed by atoms with E-state index in [0.717, 1.165) is 50.1 Å². The van der Waals surface area contributed by atoms with Crippen LogP contribution in [0.15, 0.2) is 47.3 Å². The summed E-state index contributed by atoms with van der Waals surface area (Å²) in [6, 6.07) is 7.50. The summed E-state index contributed by atoms with van der Waals surface area (Å²) < 4.78 is 5.31. The Morgan fingerprint density at radius 2 is 2.17 bits per heavy atom. The van der Waals surface area contributed by atoms with Gasteiger partial charge in [-0.1, -0.05) is 6.07 Å². The van der Waals surface area contributed by atoms with Crippen molar-refractivity contribution in [2.24, 2.45) is 0 Å². The Labute approximate surface area is 136 Å². The SMILES string of the molecule is O=C(NCCCc1ccco1)[C@H](c1cccnc1)N1CCCC1. The summed E-state index contributed by atoms with van der Waals surface area (Å²) in [5.41, 5.74) is 0.970. The Balaban J connectivity index is 1.56. The fourth-order valence-corrected chi connectivity index (χ4v) is 3.09. The van der Waals surface area contributed by atoms with Crippen molar-refractivity contribution in [2.45, 2.75) is 31.7 Å². The molecule has 5 heteroatoms. The van der Waals surface area contributed by atoms with Crippen molar-refractivity contribution in [3.05, 3.63) is 54.2 Å². The molecule has 0 bridgehead atoms. The van der Waals surface area contributed by atoms with Crippen molar-refractivity contribution in [1.29, 1.82) is 0 Å². The molecule has 1 atom stereocenters. The van der Waals surface area contributed by atoms with Gasteiger partial charge < -0.3 is 9.73 Å². The predicted octanol–water partition coefficient (Wildman–Crippen LogP) is 2.56. The van der Waals surface area contributed by atoms with Crippen LogP contribution in [0.3, 0.4) is 0 Å². The number of pyridine rings is 1. The summed E-state index contributed by atoms with van der Waals surface area (Å²) in [6.07, 6.45) is 9.25. The zero-order chi connectivity index (χ0) is 15.9. The van der Waals surface area contributed by atoms with Gasteiger partial charge in [0.2, 0.25) is 5.91 Å². The summed E-state index contributed by atoms with van der Waals surface area (Å²) in [4.78, 5) is 19.1. The smallest absolute Gasteiger partial charge is 0.242 e. The molecule has 1 aliphatic heterocycles. The zero-order valence-corrected chi connectivity index (χ0v) is 13.3. The molecule has 122 valence electrons. The number of nitrogens with one attached hydrogen (secondary N) is 1. The molecule has 2 aromatic heterocycles. The second-order valence-electron chi connectivity index (χ2n) is 5.91. The molecule has 0 spiro atoms. The first-order valence-electron chi connectivity index (χ1n) is 8.28. The molecule has 3 rings (SSSR count). The van der Waals surface area contributed by atoms with E-state index >= 15 is 0 Å². The van der Waals surface area contributed by atoms with E-state index in [9.17, 15) is 4.79 Å². The Morgan fingerprint density at radius 3 is 2.87 bits per heavy atom. The van der Waals surface area contributed by atoms with E-state index < -0.39 is 0 Å². The number of carbonyl (C=O) groups is 1. The fraction of sp³-hybridized carbons (Fsp3) is 0.444. The van der Waals surface area contributed by atoms with Gasteiger partial charge in [0.25, 0.3) is 0 Å². The lowest BCUT2D eigenvalue weighted by atomic mass is 10.1. The molecule has 1 fully saturated rings. The monoisotopic (exact) mass is 313 g/mol. The van der Waals surface area contributed by atoms with Gasteiger partial charge in [0, 0.05) is 25.4 Å². The van der Waals surface area contributed by atoms with E-state index in [1.807, 2.05) is 24.3 Å². The molecule has 0 radical (unpaired) electrons. The number of likely N-dealkylation sites (tertiary alicyclic amines) is 1. The molecule has 3 heterocycles. The number of nitrogens with zero attached hydrogens (tertiary/aromatic N) is 2. The number of amides is 1. The second-order valence-corrected chi connectivity index (χ2v) is 5.91. The Bertz CT molecular complexity index is 592. The van der Waals surface area contributed by atoms with Gasteiger partial charge >= 0.3 is 0 Å². The normalized spacial score (nSPS) is 16.3. The van der Waals surface area contributed by atoms with E-state index in [1.165, 1.54) is 0 Å². The van der Waals surface area contributed by atoms with E-state index in [4.69, 9.17) is 4.42 Å². The Kier molecular flexibility index (Phi) is 5.42. The van der Waals surface area contributed by atoms with Crippen molar-refractivity contribution in [3.63, 3.8) is 0 Å². The van der Waals surface area contributed by atoms with Gasteiger partial charge in [-0.25, -0.2) is 0 Å². The number of rotatable bonds is 7. The van der Waals surface area contributed by atoms with Crippen LogP contribution in [0.25, 0.3) is 0 Å². The van der Waals surface area contributed by atoms with Gasteiger partial charge in [0.15, 0.2) is 0 Å². The summed E-state index contributed by atoms with van der Waals surface area (Å²) in [5, 5.41) is 3.07. The van der Waals surface area contributed by atoms with Gasteiger partial charge in [-0.05, 0) is 56.1 Å². The highest BCUT2D eigenvalue weighted by atomic mass is 16.3. The quantitative estimate of drug-likeness (QED) is 0.798. The topological polar surface area (TPSA) is 58.4 Å². The predicted molar refractivity (Wildman–Crippen MR) is 87.8 cm³/mol. The minimum atomic E-state index is -0.227. The summed E-state index contributed by atoms with van der Waals surface area (Å²) in [6.45, 7) is 2.60. The molecular formula is C18H23N3O2. The first-order chi connectivity index (χ1) is 11.3. The summed E-state index contributed by atoms with van der Waals surface area (Å²) >= 11 is 0. The molecular weight excluding hydrogens is 290 g/mol. The number of hydrogen-bond donors (Lipinski definition) is 1. The Morgan fingerprint density at radius 1 is 1.30 bits per heavy atom. The number of aromatic nitrogens is 1. The van der Waals surface area contributed by atoms with Crippen LogP contribution in [-0.4, -0.2) is 35.4 Å². The van der Waals surface area contributed by atoms with Gasteiger partial charge in [0.1, 0.15) is 11.8 Å². The van der Waals surface area contributed by atoms with Gasteiger partial charge in [-0.2, -0.15) is 0 Å². The third kappa shape index (κ3) is 4.20. The number of furan rings is 1. The number of aryl methyl sites for hydroxylation is 1. The molecule has 1 aliphatic rings. The van der Waals surface area contributed by atoms with E-state index in [2.05, 4.69) is 15.2 Å². The average Bonchev–Trinajstić information content (AvgIpc) is 3.27. The minimum absolute atomic E-state index is 0.0688. The van der Waals surface area contributed by atoms with Gasteiger partial charge in [-0.15, -0.1) is 0 Å². The van der Waals surface area contributed by atoms with Crippen LogP contribution >= 0.6 is 0 Å². The highest BCUT2D eigenvalue weighted by molar-refractivity contribution is 5.83. The summed E-state index contributed by atoms with van der Waals surface area (Å²) in [7, 11) is 0. The van der Waals surface area contributed by atoms with Crippen molar-refractivity contribution < 1.29 is 9.21 Å². The van der Waals surface area contributed by atoms with Crippen molar-refractivity contribution in [3.8, 4) is 0 Å². The van der Waals surface area contributed by atoms with Crippen molar-refractivity contribution in [2.75, 3.05) is 19.6 Å². The zero-order valence-electron chi connectivity index (χ0n) is 13.3. The molecule has 1 saturated heterocycles. The highest BCUT2D eigenvalue weighted by Crippen LogP contribution is 2.24. The first kappa shape index (κ1) is 15.7. The minimum Gasteiger partial charge on any atom is -0.469 e. The molecule has 1 N–H and O–H groups in total. The van der Waals surface area contributed by atoms with Crippen LogP contribution < -0.4 is 5.32 Å². The Hall–Kier alpha value is -2.14. The summed E-state index contributed by atoms with van der Waals surface area (Å²) in [5.74, 6) is 1.03. The maximum absolute atomic E-state index is 12.7. The van der Waals surface area contributed by atoms with Crippen molar-refractivity contribution in [1.82, 2.24) is 15.2 Å². The maximum Gasteiger partial charge on any atom is 0.242 e. The third-order valence-electron chi connectivity index (χ3n) is 4.23. The van der Waals surface area contributed by atoms with Crippen LogP contribution in [0.5, 0.6) is 0 Å². The molecule has 5 nitrogen and oxygen atoms in total. The lowest BCUT2D eigenvalue weighted by molar-refractivity contribution is -0.126. The third-order valence-corrected chi connectivity index (χ3v) is 4.23. The van der Waals surface area contributed by atoms with Crippen LogP contribution in [0.2, 0.25) is 0 Å². The van der Waals surface area contributed by atoms with Crippen LogP contribution in [0.1, 0.15) is 36.6 Å². The maximum atomic E-state index is 12.7. The van der Waals surface area contributed by atoms with Crippen LogP contribution in [0.4, 0.5) is 0 Å². The lowest BCUT2D eigenvalue weighted by Gasteiger charge is -2.26. The van der Waals surface area contributed by atoms with Crippen molar-refractivity contribution >= 4 is 5.91 Å². The molecule has 23 heavy (non-hydrogen) atoms. The standard InChI is InChI=1S/C18H23N3O2/c22-18(20-10-4-7-16-8-5-13-23-16)17(21-11-1-2-12-21)15-6-3-9-19-14-15/h3,5-6,8-9,13-14,17H,1-2,4,7,10-12H2,(H,20,22)/t17-/m0/s1. The number of hydrogen-bond acceptors (Lipinski definition) is 4. The second kappa shape index (κ2) is 7.92. The van der Waals surface area contributed by atoms with E-state index in [1.54, 1.807) is 18.7 Å². The fourth-order valence-electron chi connectivity index (χ4n) is 3.09.